The number of halogens is 3. The second-order valence-electron chi connectivity index (χ2n) is 4.78. The first-order valence-corrected chi connectivity index (χ1v) is 7.36. The van der Waals surface area contributed by atoms with Gasteiger partial charge in [0, 0.05) is 24.0 Å². The van der Waals surface area contributed by atoms with E-state index in [-0.39, 0.29) is 17.0 Å². The van der Waals surface area contributed by atoms with Gasteiger partial charge in [0.25, 0.3) is 5.91 Å². The molecule has 1 unspecified atom stereocenters. The fraction of sp³-hybridized carbons (Fsp3) is 0.500. The molecule has 1 aliphatic rings. The molecule has 1 saturated heterocycles. The summed E-state index contributed by atoms with van der Waals surface area (Å²) in [6, 6.07) is 4.14. The standard InChI is InChI=1S/C14H16Cl2FNO/c15-9-11-4-2-1-3-7-18(11)14(19)10-5-6-13(17)12(16)8-10/h5-6,8,11H,1-4,7,9H2. The molecule has 0 aliphatic carbocycles. The van der Waals surface area contributed by atoms with Gasteiger partial charge in [0.15, 0.2) is 0 Å². The first kappa shape index (κ1) is 14.6. The lowest BCUT2D eigenvalue weighted by Crippen LogP contribution is -2.41. The van der Waals surface area contributed by atoms with Crippen LogP contribution >= 0.6 is 23.2 Å². The summed E-state index contributed by atoms with van der Waals surface area (Å²) in [5, 5.41) is -0.0249. The number of amides is 1. The molecule has 0 bridgehead atoms. The molecule has 5 heteroatoms. The Balaban J connectivity index is 2.22. The van der Waals surface area contributed by atoms with E-state index in [0.717, 1.165) is 25.7 Å². The third kappa shape index (κ3) is 3.40. The van der Waals surface area contributed by atoms with Crippen LogP contribution in [0.3, 0.4) is 0 Å². The van der Waals surface area contributed by atoms with Crippen molar-refractivity contribution in [3.05, 3.63) is 34.6 Å². The van der Waals surface area contributed by atoms with Gasteiger partial charge in [0.1, 0.15) is 5.82 Å². The molecule has 1 fully saturated rings. The SMILES string of the molecule is O=C(c1ccc(F)c(Cl)c1)N1CCCCCC1CCl. The summed E-state index contributed by atoms with van der Waals surface area (Å²) in [7, 11) is 0. The van der Waals surface area contributed by atoms with Crippen molar-refractivity contribution in [2.75, 3.05) is 12.4 Å². The molecular formula is C14H16Cl2FNO. The van der Waals surface area contributed by atoms with Gasteiger partial charge in [0.2, 0.25) is 0 Å². The highest BCUT2D eigenvalue weighted by molar-refractivity contribution is 6.31. The third-order valence-electron chi connectivity index (χ3n) is 3.48. The number of hydrogen-bond acceptors (Lipinski definition) is 1. The van der Waals surface area contributed by atoms with Crippen LogP contribution in [0.4, 0.5) is 4.39 Å². The Labute approximate surface area is 122 Å². The summed E-state index contributed by atoms with van der Waals surface area (Å²) in [5.74, 6) is -0.196. The monoisotopic (exact) mass is 303 g/mol. The highest BCUT2D eigenvalue weighted by Gasteiger charge is 2.25. The lowest BCUT2D eigenvalue weighted by molar-refractivity contribution is 0.0700. The molecule has 1 aromatic carbocycles. The average Bonchev–Trinajstić information content (AvgIpc) is 2.66. The van der Waals surface area contributed by atoms with E-state index in [1.165, 1.54) is 18.2 Å². The quantitative estimate of drug-likeness (QED) is 0.753. The van der Waals surface area contributed by atoms with Crippen LogP contribution in [0.25, 0.3) is 0 Å². The molecule has 19 heavy (non-hydrogen) atoms. The number of alkyl halides is 1. The van der Waals surface area contributed by atoms with Crippen LogP contribution in [0.1, 0.15) is 36.0 Å². The number of carbonyl (C=O) groups is 1. The molecule has 0 N–H and O–H groups in total. The van der Waals surface area contributed by atoms with Crippen molar-refractivity contribution < 1.29 is 9.18 Å². The Kier molecular flexibility index (Phi) is 5.06. The van der Waals surface area contributed by atoms with Crippen molar-refractivity contribution in [3.8, 4) is 0 Å². The zero-order valence-electron chi connectivity index (χ0n) is 10.5. The van der Waals surface area contributed by atoms with Crippen molar-refractivity contribution >= 4 is 29.1 Å². The van der Waals surface area contributed by atoms with Crippen molar-refractivity contribution in [3.63, 3.8) is 0 Å². The first-order chi connectivity index (χ1) is 9.13. The Hall–Kier alpha value is -0.800. The molecule has 0 aromatic heterocycles. The molecule has 1 atom stereocenters. The van der Waals surface area contributed by atoms with E-state index >= 15 is 0 Å². The minimum absolute atomic E-state index is 0.0249. The van der Waals surface area contributed by atoms with E-state index in [9.17, 15) is 9.18 Å². The lowest BCUT2D eigenvalue weighted by atomic mass is 10.1. The Bertz CT molecular complexity index is 467. The Morgan fingerprint density at radius 3 is 2.84 bits per heavy atom. The highest BCUT2D eigenvalue weighted by Crippen LogP contribution is 2.22. The molecule has 1 aromatic rings. The van der Waals surface area contributed by atoms with Gasteiger partial charge in [-0.3, -0.25) is 4.79 Å². The zero-order valence-corrected chi connectivity index (χ0v) is 12.1. The Morgan fingerprint density at radius 2 is 2.16 bits per heavy atom. The van der Waals surface area contributed by atoms with Gasteiger partial charge in [-0.2, -0.15) is 0 Å². The molecule has 0 spiro atoms. The van der Waals surface area contributed by atoms with Crippen molar-refractivity contribution in [1.82, 2.24) is 4.90 Å². The molecule has 1 amide bonds. The summed E-state index contributed by atoms with van der Waals surface area (Å²) in [6.07, 6.45) is 4.10. The van der Waals surface area contributed by atoms with Gasteiger partial charge in [-0.1, -0.05) is 24.4 Å². The molecule has 0 saturated carbocycles. The summed E-state index contributed by atoms with van der Waals surface area (Å²) >= 11 is 11.7. The second-order valence-corrected chi connectivity index (χ2v) is 5.50. The van der Waals surface area contributed by atoms with Crippen molar-refractivity contribution in [2.24, 2.45) is 0 Å². The smallest absolute Gasteiger partial charge is 0.254 e. The van der Waals surface area contributed by atoms with Crippen LogP contribution in [0.5, 0.6) is 0 Å². The molecule has 104 valence electrons. The van der Waals surface area contributed by atoms with E-state index in [4.69, 9.17) is 23.2 Å². The number of nitrogens with zero attached hydrogens (tertiary/aromatic N) is 1. The van der Waals surface area contributed by atoms with E-state index in [2.05, 4.69) is 0 Å². The van der Waals surface area contributed by atoms with Gasteiger partial charge in [0.05, 0.1) is 5.02 Å². The summed E-state index contributed by atoms with van der Waals surface area (Å²) in [6.45, 7) is 0.700. The maximum absolute atomic E-state index is 13.1. The van der Waals surface area contributed by atoms with Crippen LogP contribution < -0.4 is 0 Å². The zero-order chi connectivity index (χ0) is 13.8. The van der Waals surface area contributed by atoms with Crippen LogP contribution in [-0.2, 0) is 0 Å². The van der Waals surface area contributed by atoms with Crippen LogP contribution in [0.2, 0.25) is 5.02 Å². The fourth-order valence-electron chi connectivity index (χ4n) is 2.40. The van der Waals surface area contributed by atoms with Crippen LogP contribution in [-0.4, -0.2) is 29.3 Å². The molecule has 1 heterocycles. The molecule has 1 aliphatic heterocycles. The number of hydrogen-bond donors (Lipinski definition) is 0. The predicted octanol–water partition coefficient (Wildman–Crippen LogP) is 4.10. The molecule has 2 rings (SSSR count). The number of rotatable bonds is 2. The van der Waals surface area contributed by atoms with Gasteiger partial charge in [-0.05, 0) is 31.0 Å². The van der Waals surface area contributed by atoms with E-state index in [1.807, 2.05) is 0 Å². The van der Waals surface area contributed by atoms with Crippen LogP contribution in [0.15, 0.2) is 18.2 Å². The lowest BCUT2D eigenvalue weighted by Gasteiger charge is -2.28. The minimum atomic E-state index is -0.511. The van der Waals surface area contributed by atoms with Crippen molar-refractivity contribution in [1.29, 1.82) is 0 Å². The highest BCUT2D eigenvalue weighted by atomic mass is 35.5. The largest absolute Gasteiger partial charge is 0.334 e. The summed E-state index contributed by atoms with van der Waals surface area (Å²) in [4.78, 5) is 14.3. The number of carbonyl (C=O) groups excluding carboxylic acids is 1. The molecule has 0 radical (unpaired) electrons. The third-order valence-corrected chi connectivity index (χ3v) is 4.13. The summed E-state index contributed by atoms with van der Waals surface area (Å²) in [5.41, 5.74) is 0.420. The van der Waals surface area contributed by atoms with Crippen molar-refractivity contribution in [2.45, 2.75) is 31.7 Å². The van der Waals surface area contributed by atoms with Gasteiger partial charge < -0.3 is 4.90 Å². The predicted molar refractivity (Wildman–Crippen MR) is 75.4 cm³/mol. The van der Waals surface area contributed by atoms with E-state index in [0.29, 0.717) is 18.0 Å². The van der Waals surface area contributed by atoms with Gasteiger partial charge in [-0.25, -0.2) is 4.39 Å². The normalized spacial score (nSPS) is 20.2. The molecular weight excluding hydrogens is 288 g/mol. The average molecular weight is 304 g/mol. The summed E-state index contributed by atoms with van der Waals surface area (Å²) < 4.78 is 13.1. The van der Waals surface area contributed by atoms with Crippen LogP contribution in [0, 0.1) is 5.82 Å². The van der Waals surface area contributed by atoms with E-state index < -0.39 is 5.82 Å². The maximum Gasteiger partial charge on any atom is 0.254 e. The van der Waals surface area contributed by atoms with Gasteiger partial charge in [-0.15, -0.1) is 11.6 Å². The Morgan fingerprint density at radius 1 is 1.37 bits per heavy atom. The second kappa shape index (κ2) is 6.58. The maximum atomic E-state index is 13.1. The van der Waals surface area contributed by atoms with Gasteiger partial charge >= 0.3 is 0 Å². The fourth-order valence-corrected chi connectivity index (χ4v) is 2.90. The first-order valence-electron chi connectivity index (χ1n) is 6.45. The minimum Gasteiger partial charge on any atom is -0.334 e. The molecule has 2 nitrogen and oxygen atoms in total. The topological polar surface area (TPSA) is 20.3 Å². The number of benzene rings is 1. The number of likely N-dealkylation sites (tertiary alicyclic amines) is 1. The van der Waals surface area contributed by atoms with E-state index in [1.54, 1.807) is 4.90 Å².